The number of benzene rings is 1. The minimum absolute atomic E-state index is 0. The third kappa shape index (κ3) is 1.98. The van der Waals surface area contributed by atoms with Crippen molar-refractivity contribution in [2.24, 2.45) is 0 Å². The van der Waals surface area contributed by atoms with E-state index in [2.05, 4.69) is 42.8 Å². The smallest absolute Gasteiger partial charge is 0.183 e. The van der Waals surface area contributed by atoms with Gasteiger partial charge in [-0.3, -0.25) is 0 Å². The predicted octanol–water partition coefficient (Wildman–Crippen LogP) is -0.776. The van der Waals surface area contributed by atoms with Gasteiger partial charge in [0.15, 0.2) is 5.71 Å². The van der Waals surface area contributed by atoms with Crippen molar-refractivity contribution in [3.63, 3.8) is 0 Å². The molecular formula is C12H16ClN. The van der Waals surface area contributed by atoms with Crippen LogP contribution in [-0.2, 0) is 0 Å². The Kier molecular flexibility index (Phi) is 3.70. The van der Waals surface area contributed by atoms with E-state index in [4.69, 9.17) is 0 Å². The molecule has 0 bridgehead atoms. The van der Waals surface area contributed by atoms with E-state index in [9.17, 15) is 0 Å². The highest BCUT2D eigenvalue weighted by Crippen LogP contribution is 2.15. The summed E-state index contributed by atoms with van der Waals surface area (Å²) in [7, 11) is 2.19. The largest absolute Gasteiger partial charge is 1.00 e. The molecule has 0 saturated carbocycles. The predicted molar refractivity (Wildman–Crippen MR) is 55.6 cm³/mol. The van der Waals surface area contributed by atoms with Gasteiger partial charge in [0.1, 0.15) is 13.6 Å². The lowest BCUT2D eigenvalue weighted by Crippen LogP contribution is -3.00. The highest BCUT2D eigenvalue weighted by atomic mass is 35.5. The van der Waals surface area contributed by atoms with E-state index in [1.54, 1.807) is 0 Å². The van der Waals surface area contributed by atoms with Gasteiger partial charge in [-0.05, 0) is 18.6 Å². The molecule has 14 heavy (non-hydrogen) atoms. The van der Waals surface area contributed by atoms with E-state index in [0.29, 0.717) is 0 Å². The van der Waals surface area contributed by atoms with Crippen LogP contribution in [0.4, 0.5) is 0 Å². The summed E-state index contributed by atoms with van der Waals surface area (Å²) in [5.41, 5.74) is 4.34. The topological polar surface area (TPSA) is 3.01 Å². The summed E-state index contributed by atoms with van der Waals surface area (Å²) < 4.78 is 2.38. The lowest BCUT2D eigenvalue weighted by molar-refractivity contribution is -0.488. The molecule has 1 aliphatic rings. The Hall–Kier alpha value is -0.820. The Morgan fingerprint density at radius 1 is 1.21 bits per heavy atom. The highest BCUT2D eigenvalue weighted by molar-refractivity contribution is 5.98. The van der Waals surface area contributed by atoms with Gasteiger partial charge in [-0.15, -0.1) is 0 Å². The molecule has 1 aliphatic heterocycles. The van der Waals surface area contributed by atoms with Crippen molar-refractivity contribution in [2.45, 2.75) is 19.8 Å². The normalized spacial score (nSPS) is 15.6. The fourth-order valence-corrected chi connectivity index (χ4v) is 2.05. The van der Waals surface area contributed by atoms with Crippen molar-refractivity contribution in [1.29, 1.82) is 0 Å². The summed E-state index contributed by atoms with van der Waals surface area (Å²) in [4.78, 5) is 0. The van der Waals surface area contributed by atoms with Gasteiger partial charge in [0.2, 0.25) is 0 Å². The zero-order valence-corrected chi connectivity index (χ0v) is 9.51. The van der Waals surface area contributed by atoms with Gasteiger partial charge in [-0.2, -0.15) is 0 Å². The third-order valence-electron chi connectivity index (χ3n) is 2.82. The van der Waals surface area contributed by atoms with Crippen LogP contribution < -0.4 is 12.4 Å². The molecule has 2 heteroatoms. The maximum Gasteiger partial charge on any atom is 0.183 e. The molecular weight excluding hydrogens is 194 g/mol. The molecule has 0 spiro atoms. The summed E-state index contributed by atoms with van der Waals surface area (Å²) >= 11 is 0. The maximum atomic E-state index is 2.38. The zero-order valence-electron chi connectivity index (χ0n) is 8.76. The molecule has 76 valence electrons. The summed E-state index contributed by atoms with van der Waals surface area (Å²) in [6.45, 7) is 3.40. The van der Waals surface area contributed by atoms with Crippen LogP contribution in [0.15, 0.2) is 24.3 Å². The molecule has 0 atom stereocenters. The van der Waals surface area contributed by atoms with Crippen LogP contribution in [0.3, 0.4) is 0 Å². The summed E-state index contributed by atoms with van der Waals surface area (Å²) in [6.07, 6.45) is 2.54. The molecule has 0 saturated heterocycles. The van der Waals surface area contributed by atoms with Gasteiger partial charge in [-0.25, -0.2) is 4.58 Å². The van der Waals surface area contributed by atoms with Crippen molar-refractivity contribution in [2.75, 3.05) is 13.6 Å². The van der Waals surface area contributed by atoms with Crippen molar-refractivity contribution in [3.8, 4) is 0 Å². The van der Waals surface area contributed by atoms with Crippen LogP contribution in [0, 0.1) is 6.92 Å². The SMILES string of the molecule is Cc1ccccc1C1=[N+](C)CCC1.[Cl-]. The number of hydrogen-bond acceptors (Lipinski definition) is 0. The van der Waals surface area contributed by atoms with Crippen molar-refractivity contribution in [1.82, 2.24) is 0 Å². The van der Waals surface area contributed by atoms with E-state index in [1.165, 1.54) is 36.2 Å². The molecule has 0 N–H and O–H groups in total. The molecule has 0 unspecified atom stereocenters. The average Bonchev–Trinajstić information content (AvgIpc) is 2.52. The van der Waals surface area contributed by atoms with Gasteiger partial charge in [-0.1, -0.05) is 18.2 Å². The summed E-state index contributed by atoms with van der Waals surface area (Å²) in [5, 5.41) is 0. The van der Waals surface area contributed by atoms with Crippen molar-refractivity contribution < 1.29 is 17.0 Å². The molecule has 1 aromatic rings. The molecule has 0 amide bonds. The lowest BCUT2D eigenvalue weighted by Gasteiger charge is -2.01. The quantitative estimate of drug-likeness (QED) is 0.535. The zero-order chi connectivity index (χ0) is 9.26. The number of halogens is 1. The molecule has 1 aromatic carbocycles. The van der Waals surface area contributed by atoms with E-state index in [0.717, 1.165) is 0 Å². The second-order valence-electron chi connectivity index (χ2n) is 3.79. The first-order valence-corrected chi connectivity index (χ1v) is 4.92. The Bertz CT molecular complexity index is 355. The molecule has 2 rings (SSSR count). The minimum Gasteiger partial charge on any atom is -1.00 e. The first-order valence-electron chi connectivity index (χ1n) is 4.92. The molecule has 0 fully saturated rings. The Labute approximate surface area is 91.9 Å². The second-order valence-corrected chi connectivity index (χ2v) is 3.79. The van der Waals surface area contributed by atoms with Crippen LogP contribution in [-0.4, -0.2) is 23.9 Å². The standard InChI is InChI=1S/C12H16N.ClH/c1-10-6-3-4-7-11(10)12-8-5-9-13(12)2;/h3-4,6-7H,5,8-9H2,1-2H3;1H/q+1;/p-1. The Morgan fingerprint density at radius 3 is 2.50 bits per heavy atom. The van der Waals surface area contributed by atoms with E-state index < -0.39 is 0 Å². The number of rotatable bonds is 1. The Morgan fingerprint density at radius 2 is 1.93 bits per heavy atom. The average molecular weight is 210 g/mol. The van der Waals surface area contributed by atoms with Crippen LogP contribution in [0.25, 0.3) is 0 Å². The van der Waals surface area contributed by atoms with Crippen LogP contribution in [0.1, 0.15) is 24.0 Å². The Balaban J connectivity index is 0.000000980. The van der Waals surface area contributed by atoms with E-state index in [1.807, 2.05) is 0 Å². The van der Waals surface area contributed by atoms with Gasteiger partial charge < -0.3 is 12.4 Å². The van der Waals surface area contributed by atoms with Crippen LogP contribution >= 0.6 is 0 Å². The van der Waals surface area contributed by atoms with E-state index in [-0.39, 0.29) is 12.4 Å². The van der Waals surface area contributed by atoms with Gasteiger partial charge in [0.25, 0.3) is 0 Å². The molecule has 0 aliphatic carbocycles. The van der Waals surface area contributed by atoms with Gasteiger partial charge in [0.05, 0.1) is 0 Å². The van der Waals surface area contributed by atoms with Gasteiger partial charge >= 0.3 is 0 Å². The summed E-state index contributed by atoms with van der Waals surface area (Å²) in [6, 6.07) is 8.65. The van der Waals surface area contributed by atoms with Crippen molar-refractivity contribution >= 4 is 5.71 Å². The summed E-state index contributed by atoms with van der Waals surface area (Å²) in [5.74, 6) is 0. The third-order valence-corrected chi connectivity index (χ3v) is 2.82. The highest BCUT2D eigenvalue weighted by Gasteiger charge is 2.21. The minimum atomic E-state index is 0. The van der Waals surface area contributed by atoms with Gasteiger partial charge in [0, 0.05) is 18.4 Å². The molecule has 0 aromatic heterocycles. The van der Waals surface area contributed by atoms with E-state index >= 15 is 0 Å². The number of nitrogens with zero attached hydrogens (tertiary/aromatic N) is 1. The first kappa shape index (κ1) is 11.3. The first-order chi connectivity index (χ1) is 6.29. The lowest BCUT2D eigenvalue weighted by atomic mass is 10.0. The van der Waals surface area contributed by atoms with Crippen LogP contribution in [0.5, 0.6) is 0 Å². The number of aryl methyl sites for hydroxylation is 1. The monoisotopic (exact) mass is 209 g/mol. The molecule has 1 nitrogen and oxygen atoms in total. The molecule has 0 radical (unpaired) electrons. The van der Waals surface area contributed by atoms with Crippen molar-refractivity contribution in [3.05, 3.63) is 35.4 Å². The van der Waals surface area contributed by atoms with Crippen LogP contribution in [0.2, 0.25) is 0 Å². The maximum absolute atomic E-state index is 2.38. The fourth-order valence-electron chi connectivity index (χ4n) is 2.05. The second kappa shape index (κ2) is 4.61. The fraction of sp³-hybridized carbons (Fsp3) is 0.417. The molecule has 1 heterocycles. The number of hydrogen-bond donors (Lipinski definition) is 0.